The molecule has 0 saturated carbocycles. The molecule has 2 aromatic rings. The Labute approximate surface area is 129 Å². The molecule has 0 unspecified atom stereocenters. The summed E-state index contributed by atoms with van der Waals surface area (Å²) < 4.78 is 0. The van der Waals surface area contributed by atoms with Crippen molar-refractivity contribution in [2.24, 2.45) is 0 Å². The van der Waals surface area contributed by atoms with Gasteiger partial charge in [-0.2, -0.15) is 0 Å². The third kappa shape index (κ3) is 3.95. The average Bonchev–Trinajstić information content (AvgIpc) is 2.49. The number of nitrogens with two attached hydrogens (primary N) is 1. The van der Waals surface area contributed by atoms with Crippen LogP contribution >= 0.6 is 11.6 Å². The summed E-state index contributed by atoms with van der Waals surface area (Å²) in [6, 6.07) is 10.9. The van der Waals surface area contributed by atoms with Gasteiger partial charge >= 0.3 is 0 Å². The highest BCUT2D eigenvalue weighted by atomic mass is 35.5. The number of carbonyl (C=O) groups is 1. The highest BCUT2D eigenvalue weighted by Crippen LogP contribution is 2.16. The molecule has 0 saturated heterocycles. The molecule has 110 valence electrons. The van der Waals surface area contributed by atoms with E-state index in [0.717, 1.165) is 12.0 Å². The number of pyridine rings is 1. The minimum Gasteiger partial charge on any atom is -0.398 e. The fourth-order valence-corrected chi connectivity index (χ4v) is 2.18. The van der Waals surface area contributed by atoms with Gasteiger partial charge in [0.1, 0.15) is 5.69 Å². The molecular formula is C16H18ClN3O. The predicted molar refractivity (Wildman–Crippen MR) is 85.1 cm³/mol. The lowest BCUT2D eigenvalue weighted by molar-refractivity contribution is 0.0737. The minimum absolute atomic E-state index is 0.114. The first-order valence-electron chi connectivity index (χ1n) is 6.86. The molecule has 1 aromatic carbocycles. The molecule has 0 aliphatic rings. The molecule has 1 heterocycles. The normalized spacial score (nSPS) is 10.4. The fourth-order valence-electron chi connectivity index (χ4n) is 2.07. The van der Waals surface area contributed by atoms with Gasteiger partial charge in [0.15, 0.2) is 0 Å². The van der Waals surface area contributed by atoms with E-state index >= 15 is 0 Å². The number of aromatic nitrogens is 1. The van der Waals surface area contributed by atoms with E-state index < -0.39 is 0 Å². The Hall–Kier alpha value is -2.07. The number of anilines is 1. The number of amides is 1. The van der Waals surface area contributed by atoms with Gasteiger partial charge in [-0.15, -0.1) is 0 Å². The van der Waals surface area contributed by atoms with Crippen molar-refractivity contribution in [2.45, 2.75) is 19.9 Å². The number of rotatable bonds is 5. The largest absolute Gasteiger partial charge is 0.398 e. The lowest BCUT2D eigenvalue weighted by atomic mass is 10.1. The molecular weight excluding hydrogens is 286 g/mol. The van der Waals surface area contributed by atoms with Crippen LogP contribution in [-0.4, -0.2) is 22.3 Å². The summed E-state index contributed by atoms with van der Waals surface area (Å²) in [4.78, 5) is 18.4. The zero-order valence-electron chi connectivity index (χ0n) is 11.9. The first-order valence-corrected chi connectivity index (χ1v) is 7.23. The van der Waals surface area contributed by atoms with Crippen molar-refractivity contribution in [3.8, 4) is 0 Å². The number of nitrogen functional groups attached to an aromatic ring is 1. The summed E-state index contributed by atoms with van der Waals surface area (Å²) in [6.45, 7) is 3.16. The molecule has 2 rings (SSSR count). The molecule has 0 spiro atoms. The SMILES string of the molecule is CCCN(Cc1ccccc1N)C(=O)c1ccc(Cl)cn1. The number of halogens is 1. The van der Waals surface area contributed by atoms with E-state index in [1.165, 1.54) is 6.20 Å². The molecule has 0 atom stereocenters. The molecule has 0 radical (unpaired) electrons. The molecule has 0 aliphatic heterocycles. The maximum absolute atomic E-state index is 12.5. The Morgan fingerprint density at radius 2 is 2.05 bits per heavy atom. The summed E-state index contributed by atoms with van der Waals surface area (Å²) in [7, 11) is 0. The number of hydrogen-bond acceptors (Lipinski definition) is 3. The van der Waals surface area contributed by atoms with Gasteiger partial charge < -0.3 is 10.6 Å². The number of hydrogen-bond donors (Lipinski definition) is 1. The second kappa shape index (κ2) is 7.09. The molecule has 2 N–H and O–H groups in total. The second-order valence-corrected chi connectivity index (χ2v) is 5.22. The van der Waals surface area contributed by atoms with Crippen LogP contribution in [0.4, 0.5) is 5.69 Å². The Bertz CT molecular complexity index is 613. The number of para-hydroxylation sites is 1. The third-order valence-electron chi connectivity index (χ3n) is 3.14. The van der Waals surface area contributed by atoms with Gasteiger partial charge in [-0.05, 0) is 30.2 Å². The zero-order valence-corrected chi connectivity index (χ0v) is 12.7. The molecule has 5 heteroatoms. The first kappa shape index (κ1) is 15.3. The Kier molecular flexibility index (Phi) is 5.17. The van der Waals surface area contributed by atoms with E-state index in [2.05, 4.69) is 4.98 Å². The minimum atomic E-state index is -0.114. The summed E-state index contributed by atoms with van der Waals surface area (Å²) >= 11 is 5.80. The zero-order chi connectivity index (χ0) is 15.2. The molecule has 4 nitrogen and oxygen atoms in total. The van der Waals surface area contributed by atoms with Gasteiger partial charge in [-0.25, -0.2) is 4.98 Å². The van der Waals surface area contributed by atoms with Crippen molar-refractivity contribution in [1.29, 1.82) is 0 Å². The quantitative estimate of drug-likeness (QED) is 0.862. The van der Waals surface area contributed by atoms with Gasteiger partial charge in [0.25, 0.3) is 5.91 Å². The van der Waals surface area contributed by atoms with Crippen LogP contribution in [0.3, 0.4) is 0 Å². The lowest BCUT2D eigenvalue weighted by Gasteiger charge is -2.22. The monoisotopic (exact) mass is 303 g/mol. The number of benzene rings is 1. The molecule has 1 aromatic heterocycles. The van der Waals surface area contributed by atoms with Crippen LogP contribution in [-0.2, 0) is 6.54 Å². The van der Waals surface area contributed by atoms with E-state index in [-0.39, 0.29) is 5.91 Å². The third-order valence-corrected chi connectivity index (χ3v) is 3.37. The van der Waals surface area contributed by atoms with Gasteiger partial charge in [-0.3, -0.25) is 4.79 Å². The van der Waals surface area contributed by atoms with Crippen LogP contribution in [0.25, 0.3) is 0 Å². The highest BCUT2D eigenvalue weighted by Gasteiger charge is 2.17. The number of nitrogens with zero attached hydrogens (tertiary/aromatic N) is 2. The van der Waals surface area contributed by atoms with Crippen molar-refractivity contribution in [3.05, 3.63) is 58.9 Å². The Morgan fingerprint density at radius 3 is 2.67 bits per heavy atom. The van der Waals surface area contributed by atoms with Crippen LogP contribution in [0.5, 0.6) is 0 Å². The van der Waals surface area contributed by atoms with Gasteiger partial charge in [0.05, 0.1) is 5.02 Å². The summed E-state index contributed by atoms with van der Waals surface area (Å²) in [5, 5.41) is 0.515. The molecule has 21 heavy (non-hydrogen) atoms. The van der Waals surface area contributed by atoms with Crippen molar-refractivity contribution in [3.63, 3.8) is 0 Å². The number of carbonyl (C=O) groups excluding carboxylic acids is 1. The van der Waals surface area contributed by atoms with Crippen molar-refractivity contribution in [2.75, 3.05) is 12.3 Å². The molecule has 1 amide bonds. The van der Waals surface area contributed by atoms with Gasteiger partial charge in [-0.1, -0.05) is 36.7 Å². The standard InChI is InChI=1S/C16H18ClN3O/c1-2-9-20(11-12-5-3-4-6-14(12)18)16(21)15-8-7-13(17)10-19-15/h3-8,10H,2,9,11,18H2,1H3. The average molecular weight is 304 g/mol. The van der Waals surface area contributed by atoms with Crippen molar-refractivity contribution >= 4 is 23.2 Å². The highest BCUT2D eigenvalue weighted by molar-refractivity contribution is 6.30. The summed E-state index contributed by atoms with van der Waals surface area (Å²) in [5.41, 5.74) is 7.97. The van der Waals surface area contributed by atoms with E-state index in [1.807, 2.05) is 31.2 Å². The lowest BCUT2D eigenvalue weighted by Crippen LogP contribution is -2.32. The van der Waals surface area contributed by atoms with Crippen LogP contribution in [0.1, 0.15) is 29.4 Å². The van der Waals surface area contributed by atoms with E-state index in [9.17, 15) is 4.79 Å². The fraction of sp³-hybridized carbons (Fsp3) is 0.250. The topological polar surface area (TPSA) is 59.2 Å². The Morgan fingerprint density at radius 1 is 1.29 bits per heavy atom. The summed E-state index contributed by atoms with van der Waals surface area (Å²) in [5.74, 6) is -0.114. The van der Waals surface area contributed by atoms with E-state index in [4.69, 9.17) is 17.3 Å². The van der Waals surface area contributed by atoms with E-state index in [1.54, 1.807) is 17.0 Å². The van der Waals surface area contributed by atoms with Crippen LogP contribution in [0.15, 0.2) is 42.6 Å². The molecule has 0 fully saturated rings. The summed E-state index contributed by atoms with van der Waals surface area (Å²) in [6.07, 6.45) is 2.35. The predicted octanol–water partition coefficient (Wildman–Crippen LogP) is 3.37. The van der Waals surface area contributed by atoms with E-state index in [0.29, 0.717) is 29.5 Å². The van der Waals surface area contributed by atoms with Gasteiger partial charge in [0.2, 0.25) is 0 Å². The Balaban J connectivity index is 2.20. The maximum Gasteiger partial charge on any atom is 0.272 e. The first-order chi connectivity index (χ1) is 10.1. The second-order valence-electron chi connectivity index (χ2n) is 4.79. The van der Waals surface area contributed by atoms with Crippen molar-refractivity contribution < 1.29 is 4.79 Å². The smallest absolute Gasteiger partial charge is 0.272 e. The van der Waals surface area contributed by atoms with Crippen molar-refractivity contribution in [1.82, 2.24) is 9.88 Å². The van der Waals surface area contributed by atoms with Crippen LogP contribution in [0.2, 0.25) is 5.02 Å². The molecule has 0 bridgehead atoms. The van der Waals surface area contributed by atoms with Crippen LogP contribution < -0.4 is 5.73 Å². The maximum atomic E-state index is 12.5. The van der Waals surface area contributed by atoms with Gasteiger partial charge in [0, 0.05) is 25.0 Å². The van der Waals surface area contributed by atoms with Crippen LogP contribution in [0, 0.1) is 0 Å². The molecule has 0 aliphatic carbocycles.